The van der Waals surface area contributed by atoms with Crippen molar-refractivity contribution < 1.29 is 9.59 Å². The number of hydrogen-bond donors (Lipinski definition) is 1. The summed E-state index contributed by atoms with van der Waals surface area (Å²) in [6.07, 6.45) is 6.84. The number of unbranched alkanes of at least 4 members (excludes halogenated alkanes) is 1. The summed E-state index contributed by atoms with van der Waals surface area (Å²) in [6, 6.07) is 28.6. The zero-order chi connectivity index (χ0) is 25.2. The van der Waals surface area contributed by atoms with Crippen LogP contribution in [-0.2, 0) is 9.59 Å². The third-order valence-electron chi connectivity index (χ3n) is 6.84. The fourth-order valence-corrected chi connectivity index (χ4v) is 4.74. The lowest BCUT2D eigenvalue weighted by Gasteiger charge is -2.34. The smallest absolute Gasteiger partial charge is 0.246 e. The van der Waals surface area contributed by atoms with E-state index in [1.165, 1.54) is 11.1 Å². The number of nitrogen functional groups attached to an aromatic ring is 1. The van der Waals surface area contributed by atoms with Gasteiger partial charge in [-0.25, -0.2) is 0 Å². The molecular weight excluding hydrogens is 446 g/mol. The van der Waals surface area contributed by atoms with Gasteiger partial charge in [-0.05, 0) is 47.7 Å². The second kappa shape index (κ2) is 12.7. The Morgan fingerprint density at radius 2 is 1.31 bits per heavy atom. The normalized spacial score (nSPS) is 13.9. The Kier molecular flexibility index (Phi) is 8.92. The van der Waals surface area contributed by atoms with Gasteiger partial charge in [0.25, 0.3) is 0 Å². The van der Waals surface area contributed by atoms with Crippen LogP contribution >= 0.6 is 0 Å². The Bertz CT molecular complexity index is 1100. The quantitative estimate of drug-likeness (QED) is 0.255. The highest BCUT2D eigenvalue weighted by molar-refractivity contribution is 5.92. The molecule has 5 heteroatoms. The summed E-state index contributed by atoms with van der Waals surface area (Å²) in [5, 5.41) is 0. The van der Waals surface area contributed by atoms with E-state index in [9.17, 15) is 9.59 Å². The Hall–Kier alpha value is -3.86. The number of hydrogen-bond acceptors (Lipinski definition) is 3. The molecule has 0 spiro atoms. The number of carbonyl (C=O) groups is 2. The van der Waals surface area contributed by atoms with Crippen LogP contribution in [0.5, 0.6) is 0 Å². The molecule has 5 nitrogen and oxygen atoms in total. The molecule has 1 saturated heterocycles. The maximum absolute atomic E-state index is 12.8. The molecule has 0 aromatic heterocycles. The van der Waals surface area contributed by atoms with Crippen molar-refractivity contribution in [2.45, 2.75) is 31.6 Å². The molecule has 3 aromatic rings. The van der Waals surface area contributed by atoms with Crippen molar-refractivity contribution in [3.8, 4) is 0 Å². The largest absolute Gasteiger partial charge is 0.399 e. The van der Waals surface area contributed by atoms with Gasteiger partial charge in [0, 0.05) is 50.3 Å². The summed E-state index contributed by atoms with van der Waals surface area (Å²) >= 11 is 0. The number of nitrogens with zero attached hydrogens (tertiary/aromatic N) is 2. The zero-order valence-electron chi connectivity index (χ0n) is 20.8. The van der Waals surface area contributed by atoms with Crippen LogP contribution in [0.1, 0.15) is 48.3 Å². The van der Waals surface area contributed by atoms with Crippen LogP contribution in [0.4, 0.5) is 5.69 Å². The lowest BCUT2D eigenvalue weighted by atomic mass is 9.87. The molecule has 1 aliphatic rings. The van der Waals surface area contributed by atoms with Crippen LogP contribution in [0.2, 0.25) is 0 Å². The summed E-state index contributed by atoms with van der Waals surface area (Å²) < 4.78 is 0. The summed E-state index contributed by atoms with van der Waals surface area (Å²) in [5.41, 5.74) is 9.98. The molecule has 2 amide bonds. The fraction of sp³-hybridized carbons (Fsp3) is 0.290. The summed E-state index contributed by atoms with van der Waals surface area (Å²) in [6.45, 7) is 2.33. The zero-order valence-corrected chi connectivity index (χ0v) is 20.8. The fourth-order valence-electron chi connectivity index (χ4n) is 4.74. The highest BCUT2D eigenvalue weighted by Crippen LogP contribution is 2.29. The molecule has 0 bridgehead atoms. The van der Waals surface area contributed by atoms with E-state index < -0.39 is 0 Å². The second-order valence-electron chi connectivity index (χ2n) is 9.33. The van der Waals surface area contributed by atoms with E-state index >= 15 is 0 Å². The molecule has 4 rings (SSSR count). The number of benzene rings is 3. The molecule has 3 aromatic carbocycles. The lowest BCUT2D eigenvalue weighted by molar-refractivity contribution is -0.137. The topological polar surface area (TPSA) is 66.6 Å². The molecule has 0 saturated carbocycles. The van der Waals surface area contributed by atoms with Crippen LogP contribution in [-0.4, -0.2) is 47.8 Å². The van der Waals surface area contributed by atoms with Crippen molar-refractivity contribution in [2.75, 3.05) is 31.9 Å². The number of nitrogens with two attached hydrogens (primary N) is 1. The van der Waals surface area contributed by atoms with Gasteiger partial charge in [-0.15, -0.1) is 0 Å². The average Bonchev–Trinajstić information content (AvgIpc) is 2.93. The number of piperazine rings is 1. The first-order valence-corrected chi connectivity index (χ1v) is 12.8. The maximum atomic E-state index is 12.8. The van der Waals surface area contributed by atoms with Gasteiger partial charge in [-0.3, -0.25) is 9.59 Å². The van der Waals surface area contributed by atoms with Crippen LogP contribution in [0, 0.1) is 0 Å². The number of carbonyl (C=O) groups excluding carboxylic acids is 2. The summed E-state index contributed by atoms with van der Waals surface area (Å²) in [5.74, 6) is 0.514. The van der Waals surface area contributed by atoms with E-state index in [1.807, 2.05) is 46.2 Å². The van der Waals surface area contributed by atoms with Crippen LogP contribution in [0.3, 0.4) is 0 Å². The molecule has 2 N–H and O–H groups in total. The van der Waals surface area contributed by atoms with Gasteiger partial charge < -0.3 is 15.5 Å². The van der Waals surface area contributed by atoms with Gasteiger partial charge in [0.2, 0.25) is 11.8 Å². The summed E-state index contributed by atoms with van der Waals surface area (Å²) in [7, 11) is 0. The molecule has 1 aliphatic heterocycles. The van der Waals surface area contributed by atoms with E-state index in [1.54, 1.807) is 12.2 Å². The van der Waals surface area contributed by atoms with Crippen molar-refractivity contribution in [3.63, 3.8) is 0 Å². The standard InChI is InChI=1S/C31H35N3O2/c32-28-18-15-25(16-19-28)17-20-31(36)34-23-21-33(22-24-34)30(35)14-8-7-13-29(26-9-3-1-4-10-26)27-11-5-2-6-12-27/h1-6,9-12,15-20,29H,7-8,13-14,21-24,32H2/b20-17+. The minimum absolute atomic E-state index is 0.0215. The van der Waals surface area contributed by atoms with Crippen LogP contribution in [0.25, 0.3) is 6.08 Å². The predicted octanol–water partition coefficient (Wildman–Crippen LogP) is 5.35. The first kappa shape index (κ1) is 25.2. The second-order valence-corrected chi connectivity index (χ2v) is 9.33. The molecular formula is C31H35N3O2. The Morgan fingerprint density at radius 3 is 1.89 bits per heavy atom. The third kappa shape index (κ3) is 7.08. The molecule has 0 radical (unpaired) electrons. The molecule has 186 valence electrons. The monoisotopic (exact) mass is 481 g/mol. The SMILES string of the molecule is Nc1ccc(/C=C/C(=O)N2CCN(C(=O)CCCCC(c3ccccc3)c3ccccc3)CC2)cc1. The predicted molar refractivity (Wildman–Crippen MR) is 146 cm³/mol. The molecule has 0 aliphatic carbocycles. The van der Waals surface area contributed by atoms with E-state index in [-0.39, 0.29) is 11.8 Å². The number of amides is 2. The highest BCUT2D eigenvalue weighted by Gasteiger charge is 2.23. The van der Waals surface area contributed by atoms with Crippen molar-refractivity contribution in [2.24, 2.45) is 0 Å². The maximum Gasteiger partial charge on any atom is 0.246 e. The van der Waals surface area contributed by atoms with E-state index in [2.05, 4.69) is 48.5 Å². The van der Waals surface area contributed by atoms with Crippen LogP contribution < -0.4 is 5.73 Å². The van der Waals surface area contributed by atoms with Gasteiger partial charge in [0.05, 0.1) is 0 Å². The van der Waals surface area contributed by atoms with Gasteiger partial charge in [0.15, 0.2) is 0 Å². The van der Waals surface area contributed by atoms with E-state index in [4.69, 9.17) is 5.73 Å². The number of rotatable bonds is 9. The van der Waals surface area contributed by atoms with Crippen molar-refractivity contribution >= 4 is 23.6 Å². The minimum Gasteiger partial charge on any atom is -0.399 e. The highest BCUT2D eigenvalue weighted by atomic mass is 16.2. The first-order chi connectivity index (χ1) is 17.6. The Morgan fingerprint density at radius 1 is 0.750 bits per heavy atom. The Balaban J connectivity index is 1.20. The molecule has 1 fully saturated rings. The van der Waals surface area contributed by atoms with Gasteiger partial charge >= 0.3 is 0 Å². The van der Waals surface area contributed by atoms with Gasteiger partial charge in [0.1, 0.15) is 0 Å². The minimum atomic E-state index is -0.0215. The first-order valence-electron chi connectivity index (χ1n) is 12.8. The van der Waals surface area contributed by atoms with Crippen molar-refractivity contribution in [1.82, 2.24) is 9.80 Å². The van der Waals surface area contributed by atoms with E-state index in [0.717, 1.165) is 24.8 Å². The Labute approximate surface area is 214 Å². The molecule has 0 atom stereocenters. The van der Waals surface area contributed by atoms with Gasteiger partial charge in [-0.1, -0.05) is 79.2 Å². The van der Waals surface area contributed by atoms with Crippen molar-refractivity contribution in [1.29, 1.82) is 0 Å². The van der Waals surface area contributed by atoms with Gasteiger partial charge in [-0.2, -0.15) is 0 Å². The van der Waals surface area contributed by atoms with Crippen molar-refractivity contribution in [3.05, 3.63) is 108 Å². The molecule has 36 heavy (non-hydrogen) atoms. The molecule has 1 heterocycles. The average molecular weight is 482 g/mol. The molecule has 0 unspecified atom stereocenters. The van der Waals surface area contributed by atoms with E-state index in [0.29, 0.717) is 44.2 Å². The summed E-state index contributed by atoms with van der Waals surface area (Å²) in [4.78, 5) is 29.0. The number of anilines is 1. The third-order valence-corrected chi connectivity index (χ3v) is 6.84. The lowest BCUT2D eigenvalue weighted by Crippen LogP contribution is -2.50. The van der Waals surface area contributed by atoms with Crippen LogP contribution in [0.15, 0.2) is 91.0 Å².